The Morgan fingerprint density at radius 2 is 1.59 bits per heavy atom. The molecule has 0 fully saturated rings. The van der Waals surface area contributed by atoms with Crippen LogP contribution in [0.1, 0.15) is 31.4 Å². The fraction of sp³-hybridized carbons (Fsp3) is 0.500. The van der Waals surface area contributed by atoms with Crippen molar-refractivity contribution < 1.29 is 24.4 Å². The van der Waals surface area contributed by atoms with E-state index in [9.17, 15) is 10.2 Å². The third-order valence-electron chi connectivity index (χ3n) is 5.01. The molecule has 2 N–H and O–H groups in total. The van der Waals surface area contributed by atoms with Gasteiger partial charge in [0, 0.05) is 16.4 Å². The number of benzene rings is 2. The quantitative estimate of drug-likeness (QED) is 0.163. The summed E-state index contributed by atoms with van der Waals surface area (Å²) in [7, 11) is 0. The SMILES string of the molecule is CC(C)(c1ccc(OC[C@H](O)COCCCI)cc1)c1ccc(OC[C@H](O)CCl)c(I)c1. The highest BCUT2D eigenvalue weighted by atomic mass is 127. The lowest BCUT2D eigenvalue weighted by Gasteiger charge is -2.27. The molecule has 0 amide bonds. The van der Waals surface area contributed by atoms with Crippen LogP contribution in [0.5, 0.6) is 11.5 Å². The molecular weight excluding hydrogens is 658 g/mol. The molecule has 8 heteroatoms. The maximum absolute atomic E-state index is 9.99. The zero-order chi connectivity index (χ0) is 23.6. The number of aliphatic hydroxyl groups is 2. The van der Waals surface area contributed by atoms with Crippen molar-refractivity contribution in [1.29, 1.82) is 0 Å². The third kappa shape index (κ3) is 8.79. The molecule has 0 spiro atoms. The molecular formula is C24H31ClI2O5. The monoisotopic (exact) mass is 688 g/mol. The Balaban J connectivity index is 1.96. The van der Waals surface area contributed by atoms with Gasteiger partial charge in [0.25, 0.3) is 0 Å². The van der Waals surface area contributed by atoms with Gasteiger partial charge in [0.2, 0.25) is 0 Å². The molecule has 0 unspecified atom stereocenters. The van der Waals surface area contributed by atoms with Crippen LogP contribution in [0, 0.1) is 3.57 Å². The predicted octanol–water partition coefficient (Wildman–Crippen LogP) is 5.18. The average molecular weight is 689 g/mol. The minimum absolute atomic E-state index is 0.146. The largest absolute Gasteiger partial charge is 0.491 e. The first-order valence-corrected chi connectivity index (χ1v) is 13.6. The molecule has 0 aliphatic rings. The van der Waals surface area contributed by atoms with Crippen LogP contribution in [0.3, 0.4) is 0 Å². The molecule has 0 aliphatic carbocycles. The van der Waals surface area contributed by atoms with E-state index < -0.39 is 12.2 Å². The first kappa shape index (κ1) is 27.9. The van der Waals surface area contributed by atoms with E-state index in [2.05, 4.69) is 65.1 Å². The van der Waals surface area contributed by atoms with Crippen molar-refractivity contribution in [3.05, 3.63) is 57.2 Å². The zero-order valence-corrected chi connectivity index (χ0v) is 23.5. The highest BCUT2D eigenvalue weighted by Gasteiger charge is 2.24. The Morgan fingerprint density at radius 1 is 0.938 bits per heavy atom. The Labute approximate surface area is 223 Å². The van der Waals surface area contributed by atoms with Crippen molar-refractivity contribution in [3.8, 4) is 11.5 Å². The van der Waals surface area contributed by atoms with Crippen molar-refractivity contribution in [3.63, 3.8) is 0 Å². The van der Waals surface area contributed by atoms with Crippen LogP contribution in [-0.2, 0) is 10.2 Å². The molecule has 178 valence electrons. The normalized spacial score (nSPS) is 13.6. The Morgan fingerprint density at radius 3 is 2.22 bits per heavy atom. The molecule has 2 aromatic rings. The van der Waals surface area contributed by atoms with Crippen LogP contribution in [0.4, 0.5) is 0 Å². The van der Waals surface area contributed by atoms with Crippen LogP contribution in [0.15, 0.2) is 42.5 Å². The van der Waals surface area contributed by atoms with Crippen LogP contribution in [-0.4, -0.2) is 59.2 Å². The highest BCUT2D eigenvalue weighted by Crippen LogP contribution is 2.35. The van der Waals surface area contributed by atoms with Crippen LogP contribution < -0.4 is 9.47 Å². The Kier molecular flexibility index (Phi) is 12.3. The van der Waals surface area contributed by atoms with Gasteiger partial charge in [-0.15, -0.1) is 11.6 Å². The van der Waals surface area contributed by atoms with Gasteiger partial charge in [-0.1, -0.05) is 54.6 Å². The molecule has 0 bridgehead atoms. The molecule has 2 rings (SSSR count). The number of hydrogen-bond acceptors (Lipinski definition) is 5. The molecule has 5 nitrogen and oxygen atoms in total. The van der Waals surface area contributed by atoms with Gasteiger partial charge in [0.05, 0.1) is 16.1 Å². The smallest absolute Gasteiger partial charge is 0.132 e. The molecule has 0 aromatic heterocycles. The molecule has 2 atom stereocenters. The van der Waals surface area contributed by atoms with E-state index in [1.807, 2.05) is 36.4 Å². The standard InChI is InChI=1S/C24H31ClI2O5/c1-24(2,18-6-9-23(22(27)12-18)32-15-19(28)13-25)17-4-7-21(8-5-17)31-16-20(29)14-30-11-3-10-26/h4-9,12,19-20,28-29H,3,10-11,13-16H2,1-2H3/t19-,20-/m1/s1. The van der Waals surface area contributed by atoms with Crippen molar-refractivity contribution in [1.82, 2.24) is 0 Å². The number of hydrogen-bond donors (Lipinski definition) is 2. The highest BCUT2D eigenvalue weighted by molar-refractivity contribution is 14.1. The van der Waals surface area contributed by atoms with Crippen LogP contribution >= 0.6 is 56.8 Å². The van der Waals surface area contributed by atoms with Crippen molar-refractivity contribution >= 4 is 56.8 Å². The summed E-state index contributed by atoms with van der Waals surface area (Å²) in [5.41, 5.74) is 2.08. The van der Waals surface area contributed by atoms with Gasteiger partial charge in [-0.3, -0.25) is 0 Å². The lowest BCUT2D eigenvalue weighted by Crippen LogP contribution is -2.24. The fourth-order valence-corrected chi connectivity index (χ4v) is 4.06. The summed E-state index contributed by atoms with van der Waals surface area (Å²) in [6.45, 7) is 5.65. The zero-order valence-electron chi connectivity index (χ0n) is 18.4. The van der Waals surface area contributed by atoms with Crippen LogP contribution in [0.2, 0.25) is 0 Å². The molecule has 0 radical (unpaired) electrons. The van der Waals surface area contributed by atoms with Crippen molar-refractivity contribution in [2.24, 2.45) is 0 Å². The maximum atomic E-state index is 9.99. The summed E-state index contributed by atoms with van der Waals surface area (Å²) in [5.74, 6) is 1.59. The van der Waals surface area contributed by atoms with Gasteiger partial charge in [0.15, 0.2) is 0 Å². The molecule has 2 aromatic carbocycles. The van der Waals surface area contributed by atoms with Gasteiger partial charge >= 0.3 is 0 Å². The molecule has 0 saturated heterocycles. The lowest BCUT2D eigenvalue weighted by molar-refractivity contribution is 0.0127. The molecule has 0 aliphatic heterocycles. The number of alkyl halides is 2. The summed E-state index contributed by atoms with van der Waals surface area (Å²) in [5, 5.41) is 19.6. The van der Waals surface area contributed by atoms with E-state index in [0.29, 0.717) is 12.4 Å². The summed E-state index contributed by atoms with van der Waals surface area (Å²) >= 11 is 10.2. The van der Waals surface area contributed by atoms with E-state index in [1.54, 1.807) is 0 Å². The number of aliphatic hydroxyl groups excluding tert-OH is 2. The summed E-state index contributed by atoms with van der Waals surface area (Å²) in [6, 6.07) is 14.0. The van der Waals surface area contributed by atoms with E-state index >= 15 is 0 Å². The fourth-order valence-electron chi connectivity index (χ4n) is 2.99. The van der Waals surface area contributed by atoms with Gasteiger partial charge in [-0.25, -0.2) is 0 Å². The minimum Gasteiger partial charge on any atom is -0.491 e. The summed E-state index contributed by atoms with van der Waals surface area (Å²) in [4.78, 5) is 0. The van der Waals surface area contributed by atoms with Gasteiger partial charge in [-0.05, 0) is 64.4 Å². The minimum atomic E-state index is -0.682. The van der Waals surface area contributed by atoms with E-state index in [1.165, 1.54) is 0 Å². The van der Waals surface area contributed by atoms with E-state index in [-0.39, 0.29) is 31.1 Å². The topological polar surface area (TPSA) is 68.2 Å². The number of halogens is 3. The van der Waals surface area contributed by atoms with Crippen molar-refractivity contribution in [2.45, 2.75) is 37.9 Å². The Hall–Kier alpha value is -0.330. The molecule has 0 heterocycles. The van der Waals surface area contributed by atoms with Gasteiger partial charge in [0.1, 0.15) is 36.9 Å². The van der Waals surface area contributed by atoms with E-state index in [0.717, 1.165) is 31.3 Å². The predicted molar refractivity (Wildman–Crippen MR) is 146 cm³/mol. The second kappa shape index (κ2) is 14.2. The third-order valence-corrected chi connectivity index (χ3v) is 6.98. The molecule has 0 saturated carbocycles. The number of ether oxygens (including phenoxy) is 3. The van der Waals surface area contributed by atoms with Gasteiger partial charge in [-0.2, -0.15) is 0 Å². The first-order valence-electron chi connectivity index (χ1n) is 10.5. The number of rotatable bonds is 14. The van der Waals surface area contributed by atoms with Crippen LogP contribution in [0.25, 0.3) is 0 Å². The summed E-state index contributed by atoms with van der Waals surface area (Å²) < 4.78 is 18.8. The van der Waals surface area contributed by atoms with E-state index in [4.69, 9.17) is 25.8 Å². The summed E-state index contributed by atoms with van der Waals surface area (Å²) in [6.07, 6.45) is -0.343. The molecule has 32 heavy (non-hydrogen) atoms. The Bertz CT molecular complexity index is 817. The first-order chi connectivity index (χ1) is 15.3. The lowest BCUT2D eigenvalue weighted by atomic mass is 9.78. The van der Waals surface area contributed by atoms with Crippen molar-refractivity contribution in [2.75, 3.05) is 36.7 Å². The average Bonchev–Trinajstić information content (AvgIpc) is 2.79. The second-order valence-corrected chi connectivity index (χ2v) is 10.5. The second-order valence-electron chi connectivity index (χ2n) is 8.00. The maximum Gasteiger partial charge on any atom is 0.132 e. The van der Waals surface area contributed by atoms with Gasteiger partial charge < -0.3 is 24.4 Å².